The number of hydrogen-bond donors (Lipinski definition) is 3. The van der Waals surface area contributed by atoms with Gasteiger partial charge in [-0.3, -0.25) is 37.3 Å². The van der Waals surface area contributed by atoms with E-state index in [2.05, 4.69) is 186 Å². The number of carbonyl (C=O) groups is 4. The Balaban J connectivity index is 5.49. The van der Waals surface area contributed by atoms with Crippen LogP contribution < -0.4 is 0 Å². The topological polar surface area (TPSA) is 237 Å². The van der Waals surface area contributed by atoms with Gasteiger partial charge in [-0.15, -0.1) is 0 Å². The number of allylic oxidation sites excluding steroid dienone is 29. The van der Waals surface area contributed by atoms with E-state index < -0.39 is 97.5 Å². The second-order valence-corrected chi connectivity index (χ2v) is 28.8. The van der Waals surface area contributed by atoms with E-state index in [-0.39, 0.29) is 25.7 Å². The first-order valence-corrected chi connectivity index (χ1v) is 43.0. The highest BCUT2D eigenvalue weighted by Crippen LogP contribution is 2.45. The molecule has 600 valence electrons. The van der Waals surface area contributed by atoms with Crippen LogP contribution in [0.1, 0.15) is 285 Å². The van der Waals surface area contributed by atoms with Crippen molar-refractivity contribution in [1.29, 1.82) is 0 Å². The highest BCUT2D eigenvalue weighted by molar-refractivity contribution is 7.47. The van der Waals surface area contributed by atoms with Gasteiger partial charge in [0.15, 0.2) is 12.2 Å². The molecule has 0 rings (SSSR count). The maximum atomic E-state index is 13.1. The molecule has 0 radical (unpaired) electrons. The second-order valence-electron chi connectivity index (χ2n) is 25.9. The van der Waals surface area contributed by atoms with E-state index in [1.807, 2.05) is 18.2 Å². The number of rotatable bonds is 73. The maximum Gasteiger partial charge on any atom is 0.472 e. The third-order valence-electron chi connectivity index (χ3n) is 15.9. The van der Waals surface area contributed by atoms with Gasteiger partial charge in [-0.05, 0) is 161 Å². The van der Waals surface area contributed by atoms with Gasteiger partial charge < -0.3 is 33.8 Å². The lowest BCUT2D eigenvalue weighted by Gasteiger charge is -2.21. The van der Waals surface area contributed by atoms with E-state index in [4.69, 9.17) is 37.0 Å². The Kier molecular flexibility index (Phi) is 73.1. The summed E-state index contributed by atoms with van der Waals surface area (Å²) in [6.45, 7) is 4.32. The fraction of sp³-hybridized carbons (Fsp3) is 0.609. The van der Waals surface area contributed by atoms with Crippen LogP contribution in [0.2, 0.25) is 0 Å². The van der Waals surface area contributed by atoms with E-state index in [0.717, 1.165) is 180 Å². The van der Waals surface area contributed by atoms with Gasteiger partial charge in [0, 0.05) is 19.3 Å². The first kappa shape index (κ1) is 100. The summed E-state index contributed by atoms with van der Waals surface area (Å²) in [5, 5.41) is 10.6. The molecular formula is C87H140O17P2. The minimum atomic E-state index is -5.01. The normalized spacial score (nSPS) is 14.8. The lowest BCUT2D eigenvalue weighted by atomic mass is 10.1. The molecule has 106 heavy (non-hydrogen) atoms. The molecule has 0 aliphatic rings. The molecule has 0 saturated heterocycles. The number of esters is 4. The van der Waals surface area contributed by atoms with E-state index in [9.17, 15) is 43.2 Å². The molecule has 5 unspecified atom stereocenters. The monoisotopic (exact) mass is 1520 g/mol. The average Bonchev–Trinajstić information content (AvgIpc) is 0.903. The summed E-state index contributed by atoms with van der Waals surface area (Å²) in [6, 6.07) is 0. The quantitative estimate of drug-likeness (QED) is 0.0169. The summed E-state index contributed by atoms with van der Waals surface area (Å²) >= 11 is 0. The number of ether oxygens (including phenoxy) is 4. The third kappa shape index (κ3) is 76.4. The summed E-state index contributed by atoms with van der Waals surface area (Å²) in [4.78, 5) is 73.0. The van der Waals surface area contributed by atoms with Crippen LogP contribution in [0.25, 0.3) is 0 Å². The molecule has 0 aromatic carbocycles. The molecule has 0 aliphatic heterocycles. The van der Waals surface area contributed by atoms with Crippen molar-refractivity contribution in [2.45, 2.75) is 303 Å². The highest BCUT2D eigenvalue weighted by atomic mass is 31.2. The fourth-order valence-electron chi connectivity index (χ4n) is 9.89. The molecule has 0 heterocycles. The average molecular weight is 1520 g/mol. The zero-order valence-corrected chi connectivity index (χ0v) is 67.3. The van der Waals surface area contributed by atoms with Crippen LogP contribution in [-0.2, 0) is 65.4 Å². The molecular weight excluding hydrogens is 1380 g/mol. The van der Waals surface area contributed by atoms with Gasteiger partial charge in [-0.1, -0.05) is 281 Å². The number of carbonyl (C=O) groups excluding carboxylic acids is 4. The first-order valence-electron chi connectivity index (χ1n) is 40.0. The molecule has 3 N–H and O–H groups in total. The van der Waals surface area contributed by atoms with Crippen LogP contribution in [0.4, 0.5) is 0 Å². The molecule has 17 nitrogen and oxygen atoms in total. The number of hydrogen-bond acceptors (Lipinski definition) is 15. The molecule has 0 saturated carbocycles. The van der Waals surface area contributed by atoms with Crippen molar-refractivity contribution >= 4 is 39.5 Å². The second kappa shape index (κ2) is 77.3. The molecule has 0 aromatic heterocycles. The predicted octanol–water partition coefficient (Wildman–Crippen LogP) is 23.6. The number of unbranched alkanes of at least 4 members (excludes halogenated alkanes) is 18. The Morgan fingerprint density at radius 1 is 0.283 bits per heavy atom. The molecule has 0 aliphatic carbocycles. The van der Waals surface area contributed by atoms with Crippen LogP contribution >= 0.6 is 15.6 Å². The minimum Gasteiger partial charge on any atom is -0.462 e. The molecule has 0 bridgehead atoms. The van der Waals surface area contributed by atoms with Crippen LogP contribution in [0.15, 0.2) is 182 Å². The zero-order chi connectivity index (χ0) is 77.4. The Bertz CT molecular complexity index is 2730. The van der Waals surface area contributed by atoms with Crippen LogP contribution in [0.3, 0.4) is 0 Å². The minimum absolute atomic E-state index is 0.0587. The van der Waals surface area contributed by atoms with Crippen molar-refractivity contribution < 1.29 is 80.2 Å². The summed E-state index contributed by atoms with van der Waals surface area (Å²) in [5.74, 6) is -2.40. The Hall–Kier alpha value is -5.84. The van der Waals surface area contributed by atoms with E-state index in [1.165, 1.54) is 25.7 Å². The van der Waals surface area contributed by atoms with Crippen LogP contribution in [0, 0.1) is 0 Å². The molecule has 0 amide bonds. The molecule has 0 aromatic rings. The van der Waals surface area contributed by atoms with Crippen LogP contribution in [-0.4, -0.2) is 96.7 Å². The van der Waals surface area contributed by atoms with Crippen molar-refractivity contribution in [2.75, 3.05) is 39.6 Å². The zero-order valence-electron chi connectivity index (χ0n) is 65.5. The number of phosphoric acid groups is 2. The Labute approximate surface area is 641 Å². The SMILES string of the molecule is CC/C=C\C/C=C\C/C=C\C/C=C\C/C=C\CCCCCC(=O)OCC(COP(=O)(O)OCC(O)COP(=O)(O)OCC(COC(=O)C/C=C\C/C=C\C/C=C\C/C=C\C/C=C\CC)OC(=O)CCCCCCC/C=C\CCCCCC)OC(=O)CCCCCCCC/C=C\C/C=C\C/C=C\C/C=C\CC. The number of aliphatic hydroxyl groups excluding tert-OH is 1. The van der Waals surface area contributed by atoms with E-state index in [1.54, 1.807) is 6.08 Å². The van der Waals surface area contributed by atoms with Gasteiger partial charge in [-0.2, -0.15) is 0 Å². The summed E-state index contributed by atoms with van der Waals surface area (Å²) in [6.07, 6.45) is 93.3. The molecule has 5 atom stereocenters. The third-order valence-corrected chi connectivity index (χ3v) is 17.8. The van der Waals surface area contributed by atoms with Gasteiger partial charge in [0.2, 0.25) is 0 Å². The lowest BCUT2D eigenvalue weighted by Crippen LogP contribution is -2.30. The highest BCUT2D eigenvalue weighted by Gasteiger charge is 2.30. The van der Waals surface area contributed by atoms with Crippen molar-refractivity contribution in [1.82, 2.24) is 0 Å². The predicted molar refractivity (Wildman–Crippen MR) is 436 cm³/mol. The van der Waals surface area contributed by atoms with Gasteiger partial charge >= 0.3 is 39.5 Å². The number of phosphoric ester groups is 2. The fourth-order valence-corrected chi connectivity index (χ4v) is 11.5. The van der Waals surface area contributed by atoms with Crippen molar-refractivity contribution in [3.63, 3.8) is 0 Å². The summed E-state index contributed by atoms with van der Waals surface area (Å²) < 4.78 is 68.5. The van der Waals surface area contributed by atoms with Gasteiger partial charge in [0.25, 0.3) is 0 Å². The Morgan fingerprint density at radius 2 is 0.528 bits per heavy atom. The van der Waals surface area contributed by atoms with Gasteiger partial charge in [-0.25, -0.2) is 9.13 Å². The summed E-state index contributed by atoms with van der Waals surface area (Å²) in [5.41, 5.74) is 0. The standard InChI is InChI=1S/C87H140O17P2/c1-5-9-13-17-21-25-29-33-36-38-40-42-45-49-52-56-60-64-68-72-85(90)98-78-83(104-87(92)74-70-66-62-58-54-50-46-43-41-39-37-34-30-26-22-18-14-10-6-2)80-102-106(95,96)100-76-81(88)75-99-105(93,94)101-79-82(103-86(91)73-69-65-61-57-53-47-32-28-24-20-16-12-8-4)77-97-84(89)71-67-63-59-55-51-48-44-35-31-27-23-19-15-11-7-3/h9-11,13-15,21-23,25-28,32-37,40-44,49,51-52,55,63,67,81-83,88H,5-8,12,16-20,24,29-31,38-39,45-48,50,53-54,56-62,64-66,68-80H2,1-4H3,(H,93,94)(H,95,96)/b13-9-,14-10-,15-11-,25-21-,26-22-,27-23-,32-28-,36-33-,37-34-,42-40-,43-41-,44-35-,52-49-,55-51-,67-63-. The van der Waals surface area contributed by atoms with Crippen molar-refractivity contribution in [3.8, 4) is 0 Å². The first-order chi connectivity index (χ1) is 51.7. The lowest BCUT2D eigenvalue weighted by molar-refractivity contribution is -0.161. The van der Waals surface area contributed by atoms with Crippen LogP contribution in [0.5, 0.6) is 0 Å². The molecule has 0 spiro atoms. The number of aliphatic hydroxyl groups is 1. The van der Waals surface area contributed by atoms with Crippen molar-refractivity contribution in [3.05, 3.63) is 182 Å². The Morgan fingerprint density at radius 3 is 0.858 bits per heavy atom. The van der Waals surface area contributed by atoms with Crippen molar-refractivity contribution in [2.24, 2.45) is 0 Å². The maximum absolute atomic E-state index is 13.1. The molecule has 0 fully saturated rings. The molecule has 19 heteroatoms. The van der Waals surface area contributed by atoms with Gasteiger partial charge in [0.05, 0.1) is 32.8 Å². The summed E-state index contributed by atoms with van der Waals surface area (Å²) in [7, 11) is -10.0. The van der Waals surface area contributed by atoms with Gasteiger partial charge in [0.1, 0.15) is 19.3 Å². The largest absolute Gasteiger partial charge is 0.472 e. The smallest absolute Gasteiger partial charge is 0.462 e. The van der Waals surface area contributed by atoms with E-state index in [0.29, 0.717) is 25.7 Å². The van der Waals surface area contributed by atoms with E-state index >= 15 is 0 Å².